The first-order valence-corrected chi connectivity index (χ1v) is 9.12. The molecule has 2 rings (SSSR count). The third-order valence-electron chi connectivity index (χ3n) is 3.20. The van der Waals surface area contributed by atoms with Crippen molar-refractivity contribution >= 4 is 26.9 Å². The molecule has 1 atom stereocenters. The van der Waals surface area contributed by atoms with Gasteiger partial charge in [0.1, 0.15) is 0 Å². The average Bonchev–Trinajstić information content (AvgIpc) is 2.77. The second-order valence-electron chi connectivity index (χ2n) is 5.06. The molecule has 0 radical (unpaired) electrons. The van der Waals surface area contributed by atoms with Crippen LogP contribution in [0, 0.1) is 13.8 Å². The molecule has 3 nitrogen and oxygen atoms in total. The van der Waals surface area contributed by atoms with E-state index in [0.717, 1.165) is 11.3 Å². The molecule has 5 heteroatoms. The Morgan fingerprint density at radius 2 is 1.85 bits per heavy atom. The standard InChI is InChI=1S/C15H19NO2S2/c1-10-5-7-13(20(4,17)18)9-14(10)16-12(3)15-8-6-11(2)19-15/h5-9,12,16H,1-4H3. The summed E-state index contributed by atoms with van der Waals surface area (Å²) in [4.78, 5) is 2.86. The molecule has 1 unspecified atom stereocenters. The van der Waals surface area contributed by atoms with Crippen LogP contribution in [0.15, 0.2) is 35.2 Å². The van der Waals surface area contributed by atoms with Crippen molar-refractivity contribution in [3.8, 4) is 0 Å². The molecular formula is C15H19NO2S2. The zero-order valence-corrected chi connectivity index (χ0v) is 13.7. The number of thiophene rings is 1. The Balaban J connectivity index is 2.29. The molecule has 1 N–H and O–H groups in total. The van der Waals surface area contributed by atoms with Gasteiger partial charge in [-0.15, -0.1) is 11.3 Å². The Morgan fingerprint density at radius 1 is 1.15 bits per heavy atom. The van der Waals surface area contributed by atoms with Gasteiger partial charge in [-0.05, 0) is 50.6 Å². The normalized spacial score (nSPS) is 13.2. The smallest absolute Gasteiger partial charge is 0.175 e. The molecule has 0 saturated carbocycles. The van der Waals surface area contributed by atoms with E-state index in [2.05, 4.69) is 31.3 Å². The number of hydrogen-bond acceptors (Lipinski definition) is 4. The van der Waals surface area contributed by atoms with Crippen molar-refractivity contribution in [1.29, 1.82) is 0 Å². The fraction of sp³-hybridized carbons (Fsp3) is 0.333. The molecule has 0 fully saturated rings. The van der Waals surface area contributed by atoms with Gasteiger partial charge in [0.2, 0.25) is 0 Å². The van der Waals surface area contributed by atoms with Crippen LogP contribution in [-0.2, 0) is 9.84 Å². The monoisotopic (exact) mass is 309 g/mol. The van der Waals surface area contributed by atoms with Crippen LogP contribution in [0.5, 0.6) is 0 Å². The van der Waals surface area contributed by atoms with Crippen molar-refractivity contribution in [2.45, 2.75) is 31.7 Å². The minimum Gasteiger partial charge on any atom is -0.377 e. The maximum absolute atomic E-state index is 11.6. The molecule has 1 aromatic carbocycles. The third kappa shape index (κ3) is 3.41. The number of nitrogens with one attached hydrogen (secondary N) is 1. The summed E-state index contributed by atoms with van der Waals surface area (Å²) in [5, 5.41) is 3.40. The third-order valence-corrected chi connectivity index (χ3v) is 5.49. The van der Waals surface area contributed by atoms with E-state index in [0.29, 0.717) is 4.90 Å². The van der Waals surface area contributed by atoms with Crippen molar-refractivity contribution in [2.24, 2.45) is 0 Å². The Labute approximate surface area is 124 Å². The second kappa shape index (κ2) is 5.58. The summed E-state index contributed by atoms with van der Waals surface area (Å²) in [5.74, 6) is 0. The molecule has 0 aliphatic heterocycles. The summed E-state index contributed by atoms with van der Waals surface area (Å²) in [6, 6.07) is 9.55. The van der Waals surface area contributed by atoms with Crippen molar-refractivity contribution in [3.05, 3.63) is 45.6 Å². The predicted molar refractivity (Wildman–Crippen MR) is 85.4 cm³/mol. The quantitative estimate of drug-likeness (QED) is 0.930. The van der Waals surface area contributed by atoms with Crippen LogP contribution in [0.25, 0.3) is 0 Å². The highest BCUT2D eigenvalue weighted by atomic mass is 32.2. The Bertz CT molecular complexity index is 717. The van der Waals surface area contributed by atoms with Crippen LogP contribution >= 0.6 is 11.3 Å². The van der Waals surface area contributed by atoms with Crippen LogP contribution < -0.4 is 5.32 Å². The van der Waals surface area contributed by atoms with Crippen LogP contribution in [0.4, 0.5) is 5.69 Å². The van der Waals surface area contributed by atoms with Crippen LogP contribution in [0.3, 0.4) is 0 Å². The number of rotatable bonds is 4. The van der Waals surface area contributed by atoms with Gasteiger partial charge in [-0.3, -0.25) is 0 Å². The van der Waals surface area contributed by atoms with Gasteiger partial charge in [0.15, 0.2) is 9.84 Å². The first kappa shape index (κ1) is 15.1. The summed E-state index contributed by atoms with van der Waals surface area (Å²) in [6.07, 6.45) is 1.23. The van der Waals surface area contributed by atoms with Gasteiger partial charge in [-0.1, -0.05) is 6.07 Å². The summed E-state index contributed by atoms with van der Waals surface area (Å²) in [7, 11) is -3.18. The van der Waals surface area contributed by atoms with Gasteiger partial charge < -0.3 is 5.32 Å². The molecule has 20 heavy (non-hydrogen) atoms. The fourth-order valence-electron chi connectivity index (χ4n) is 1.98. The highest BCUT2D eigenvalue weighted by molar-refractivity contribution is 7.90. The van der Waals surface area contributed by atoms with E-state index in [-0.39, 0.29) is 6.04 Å². The summed E-state index contributed by atoms with van der Waals surface area (Å²) >= 11 is 1.75. The molecule has 0 saturated heterocycles. The number of aryl methyl sites for hydroxylation is 2. The van der Waals surface area contributed by atoms with E-state index in [9.17, 15) is 8.42 Å². The summed E-state index contributed by atoms with van der Waals surface area (Å²) in [5.41, 5.74) is 1.91. The maximum atomic E-state index is 11.6. The van der Waals surface area contributed by atoms with E-state index in [4.69, 9.17) is 0 Å². The molecule has 1 aromatic heterocycles. The van der Waals surface area contributed by atoms with E-state index >= 15 is 0 Å². The van der Waals surface area contributed by atoms with E-state index in [1.54, 1.807) is 23.5 Å². The first-order valence-electron chi connectivity index (χ1n) is 6.41. The molecular weight excluding hydrogens is 290 g/mol. The van der Waals surface area contributed by atoms with E-state index < -0.39 is 9.84 Å². The average molecular weight is 309 g/mol. The lowest BCUT2D eigenvalue weighted by Gasteiger charge is -2.16. The zero-order valence-electron chi connectivity index (χ0n) is 12.1. The lowest BCUT2D eigenvalue weighted by Crippen LogP contribution is -2.07. The Kier molecular flexibility index (Phi) is 4.20. The SMILES string of the molecule is Cc1ccc(C(C)Nc2cc(S(C)(=O)=O)ccc2C)s1. The zero-order chi connectivity index (χ0) is 14.9. The molecule has 0 bridgehead atoms. The summed E-state index contributed by atoms with van der Waals surface area (Å²) < 4.78 is 23.3. The molecule has 108 valence electrons. The van der Waals surface area contributed by atoms with E-state index in [1.165, 1.54) is 16.0 Å². The predicted octanol–water partition coefficient (Wildman–Crippen LogP) is 3.94. The number of sulfone groups is 1. The number of anilines is 1. The maximum Gasteiger partial charge on any atom is 0.175 e. The Morgan fingerprint density at radius 3 is 2.40 bits per heavy atom. The molecule has 1 heterocycles. The minimum absolute atomic E-state index is 0.155. The second-order valence-corrected chi connectivity index (χ2v) is 8.40. The van der Waals surface area contributed by atoms with Gasteiger partial charge in [0.05, 0.1) is 10.9 Å². The largest absolute Gasteiger partial charge is 0.377 e. The first-order chi connectivity index (χ1) is 9.27. The summed E-state index contributed by atoms with van der Waals surface area (Å²) in [6.45, 7) is 6.13. The highest BCUT2D eigenvalue weighted by Crippen LogP contribution is 2.28. The molecule has 2 aromatic rings. The van der Waals surface area contributed by atoms with Gasteiger partial charge in [-0.2, -0.15) is 0 Å². The van der Waals surface area contributed by atoms with Gasteiger partial charge in [0.25, 0.3) is 0 Å². The topological polar surface area (TPSA) is 46.2 Å². The van der Waals surface area contributed by atoms with Gasteiger partial charge in [-0.25, -0.2) is 8.42 Å². The Hall–Kier alpha value is -1.33. The molecule has 0 aliphatic carbocycles. The van der Waals surface area contributed by atoms with Gasteiger partial charge in [0, 0.05) is 21.7 Å². The molecule has 0 amide bonds. The minimum atomic E-state index is -3.18. The molecule has 0 spiro atoms. The number of hydrogen-bond donors (Lipinski definition) is 1. The number of benzene rings is 1. The fourth-order valence-corrected chi connectivity index (χ4v) is 3.50. The highest BCUT2D eigenvalue weighted by Gasteiger charge is 2.12. The van der Waals surface area contributed by atoms with Crippen LogP contribution in [-0.4, -0.2) is 14.7 Å². The van der Waals surface area contributed by atoms with Crippen LogP contribution in [0.1, 0.15) is 28.3 Å². The van der Waals surface area contributed by atoms with Crippen molar-refractivity contribution in [3.63, 3.8) is 0 Å². The van der Waals surface area contributed by atoms with E-state index in [1.807, 2.05) is 13.0 Å². The van der Waals surface area contributed by atoms with Crippen molar-refractivity contribution in [1.82, 2.24) is 0 Å². The lowest BCUT2D eigenvalue weighted by atomic mass is 10.1. The van der Waals surface area contributed by atoms with Crippen LogP contribution in [0.2, 0.25) is 0 Å². The van der Waals surface area contributed by atoms with Gasteiger partial charge >= 0.3 is 0 Å². The van der Waals surface area contributed by atoms with Crippen molar-refractivity contribution in [2.75, 3.05) is 11.6 Å². The van der Waals surface area contributed by atoms with Crippen molar-refractivity contribution < 1.29 is 8.42 Å². The lowest BCUT2D eigenvalue weighted by molar-refractivity contribution is 0.602. The molecule has 0 aliphatic rings.